The van der Waals surface area contributed by atoms with Crippen molar-refractivity contribution in [2.75, 3.05) is 5.75 Å². The molecule has 7 heteroatoms. The second kappa shape index (κ2) is 43.1. The quantitative estimate of drug-likeness (QED) is 0.0324. The van der Waals surface area contributed by atoms with Crippen LogP contribution in [0.15, 0.2) is 85.1 Å². The molecule has 0 bridgehead atoms. The molecule has 0 aromatic carbocycles. The van der Waals surface area contributed by atoms with Crippen LogP contribution < -0.4 is 5.32 Å². The molecule has 0 aromatic rings. The van der Waals surface area contributed by atoms with Crippen molar-refractivity contribution in [2.45, 2.75) is 219 Å². The molecule has 1 amide bonds. The van der Waals surface area contributed by atoms with Crippen molar-refractivity contribution >= 4 is 16.0 Å². The van der Waals surface area contributed by atoms with E-state index in [4.69, 9.17) is 0 Å². The highest BCUT2D eigenvalue weighted by atomic mass is 32.2. The van der Waals surface area contributed by atoms with Crippen molar-refractivity contribution in [2.24, 2.45) is 0 Å². The number of carbonyl (C=O) groups excluding carboxylic acids is 1. The summed E-state index contributed by atoms with van der Waals surface area (Å²) in [5.41, 5.74) is 0. The van der Waals surface area contributed by atoms with Gasteiger partial charge in [0.15, 0.2) is 0 Å². The molecule has 0 spiro atoms. The first kappa shape index (κ1) is 54.5. The lowest BCUT2D eigenvalue weighted by Gasteiger charge is -2.21. The SMILES string of the molecule is CC/C=C\C/C=C\C/C=C\C/C=C\C/C=C\CCCCCCCCCC(=O)NC(CS(=O)(=O)O)C(O)/C=C/CC/C=C/CCCCCCCCCCCCCCC. The standard InChI is InChI=1S/C50H87NO5S/c1-3-5-7-9-11-13-15-17-19-21-23-24-25-26-28-30-32-34-36-38-40-42-44-46-50(53)51-48(47-57(54,55)56)49(52)45-43-41-39-37-35-33-31-29-27-22-20-18-16-14-12-10-8-6-4-2/h5,7,11,13,17,19,23-24,26,28,35,37,43,45,48-49,52H,3-4,6,8-10,12,14-16,18,20-22,25,27,29-34,36,38-42,44,46-47H2,1-2H3,(H,51,53)(H,54,55,56)/b7-5-,13-11-,19-17-,24-23-,28-26-,37-35+,45-43+. The Morgan fingerprint density at radius 1 is 0.491 bits per heavy atom. The summed E-state index contributed by atoms with van der Waals surface area (Å²) in [6.45, 7) is 4.42. The molecular weight excluding hydrogens is 727 g/mol. The average molecular weight is 814 g/mol. The van der Waals surface area contributed by atoms with Gasteiger partial charge in [0.1, 0.15) is 0 Å². The van der Waals surface area contributed by atoms with Gasteiger partial charge in [0, 0.05) is 6.42 Å². The summed E-state index contributed by atoms with van der Waals surface area (Å²) in [5, 5.41) is 13.3. The Morgan fingerprint density at radius 2 is 0.860 bits per heavy atom. The number of aliphatic hydroxyl groups excluding tert-OH is 1. The first-order valence-electron chi connectivity index (χ1n) is 23.3. The van der Waals surface area contributed by atoms with E-state index in [1.165, 1.54) is 109 Å². The van der Waals surface area contributed by atoms with Crippen LogP contribution >= 0.6 is 0 Å². The van der Waals surface area contributed by atoms with Gasteiger partial charge in [-0.15, -0.1) is 0 Å². The van der Waals surface area contributed by atoms with E-state index in [-0.39, 0.29) is 12.3 Å². The van der Waals surface area contributed by atoms with E-state index < -0.39 is 28.0 Å². The monoisotopic (exact) mass is 814 g/mol. The summed E-state index contributed by atoms with van der Waals surface area (Å²) >= 11 is 0. The third-order valence-corrected chi connectivity index (χ3v) is 10.8. The zero-order valence-electron chi connectivity index (χ0n) is 36.7. The van der Waals surface area contributed by atoms with Crippen LogP contribution in [0.3, 0.4) is 0 Å². The van der Waals surface area contributed by atoms with Crippen molar-refractivity contribution in [3.63, 3.8) is 0 Å². The van der Waals surface area contributed by atoms with Crippen LogP contribution in [0.4, 0.5) is 0 Å². The highest BCUT2D eigenvalue weighted by Crippen LogP contribution is 2.14. The van der Waals surface area contributed by atoms with E-state index >= 15 is 0 Å². The normalized spacial score (nSPS) is 14.0. The minimum Gasteiger partial charge on any atom is -0.387 e. The molecule has 0 aliphatic heterocycles. The predicted molar refractivity (Wildman–Crippen MR) is 248 cm³/mol. The molecule has 0 saturated heterocycles. The third kappa shape index (κ3) is 44.5. The van der Waals surface area contributed by atoms with Gasteiger partial charge in [-0.1, -0.05) is 208 Å². The lowest BCUT2D eigenvalue weighted by molar-refractivity contribution is -0.122. The molecule has 0 radical (unpaired) electrons. The van der Waals surface area contributed by atoms with Gasteiger partial charge in [-0.25, -0.2) is 0 Å². The fraction of sp³-hybridized carbons (Fsp3) is 0.700. The fourth-order valence-electron chi connectivity index (χ4n) is 6.61. The Labute approximate surface area is 352 Å². The van der Waals surface area contributed by atoms with Crippen LogP contribution in [-0.2, 0) is 14.9 Å². The molecule has 6 nitrogen and oxygen atoms in total. The van der Waals surface area contributed by atoms with Gasteiger partial charge in [-0.2, -0.15) is 8.42 Å². The van der Waals surface area contributed by atoms with Crippen LogP contribution in [0.1, 0.15) is 206 Å². The average Bonchev–Trinajstić information content (AvgIpc) is 3.18. The van der Waals surface area contributed by atoms with Gasteiger partial charge in [-0.3, -0.25) is 9.35 Å². The Hall–Kier alpha value is -2.48. The molecule has 3 N–H and O–H groups in total. The van der Waals surface area contributed by atoms with Crippen LogP contribution in [-0.4, -0.2) is 41.9 Å². The van der Waals surface area contributed by atoms with Crippen molar-refractivity contribution in [3.8, 4) is 0 Å². The lowest BCUT2D eigenvalue weighted by atomic mass is 10.0. The number of amides is 1. The molecular formula is C50H87NO5S. The largest absolute Gasteiger partial charge is 0.387 e. The van der Waals surface area contributed by atoms with Crippen LogP contribution in [0.5, 0.6) is 0 Å². The van der Waals surface area contributed by atoms with Gasteiger partial charge in [0.2, 0.25) is 5.91 Å². The van der Waals surface area contributed by atoms with Crippen molar-refractivity contribution in [3.05, 3.63) is 85.1 Å². The van der Waals surface area contributed by atoms with Gasteiger partial charge in [0.05, 0.1) is 17.9 Å². The summed E-state index contributed by atoms with van der Waals surface area (Å²) < 4.78 is 32.6. The Balaban J connectivity index is 3.95. The molecule has 328 valence electrons. The van der Waals surface area contributed by atoms with E-state index in [0.717, 1.165) is 70.6 Å². The van der Waals surface area contributed by atoms with E-state index in [0.29, 0.717) is 12.8 Å². The number of nitrogens with one attached hydrogen (secondary N) is 1. The highest BCUT2D eigenvalue weighted by molar-refractivity contribution is 7.85. The summed E-state index contributed by atoms with van der Waals surface area (Å²) in [7, 11) is -4.37. The first-order chi connectivity index (χ1) is 27.8. The summed E-state index contributed by atoms with van der Waals surface area (Å²) in [5.74, 6) is -1.02. The highest BCUT2D eigenvalue weighted by Gasteiger charge is 2.24. The smallest absolute Gasteiger partial charge is 0.267 e. The molecule has 0 saturated carbocycles. The summed E-state index contributed by atoms with van der Waals surface area (Å²) in [6.07, 6.45) is 62.9. The van der Waals surface area contributed by atoms with Crippen LogP contribution in [0.2, 0.25) is 0 Å². The number of hydrogen-bond acceptors (Lipinski definition) is 4. The second-order valence-electron chi connectivity index (χ2n) is 15.6. The maximum absolute atomic E-state index is 12.6. The summed E-state index contributed by atoms with van der Waals surface area (Å²) in [4.78, 5) is 12.6. The first-order valence-corrected chi connectivity index (χ1v) is 24.9. The van der Waals surface area contributed by atoms with Gasteiger partial charge < -0.3 is 10.4 Å². The maximum Gasteiger partial charge on any atom is 0.267 e. The molecule has 0 rings (SSSR count). The Morgan fingerprint density at radius 3 is 1.32 bits per heavy atom. The molecule has 0 fully saturated rings. The fourth-order valence-corrected chi connectivity index (χ4v) is 7.34. The number of rotatable bonds is 41. The summed E-state index contributed by atoms with van der Waals surface area (Å²) in [6, 6.07) is -1.09. The minimum atomic E-state index is -4.37. The van der Waals surface area contributed by atoms with E-state index in [1.807, 2.05) is 6.08 Å². The molecule has 0 aromatic heterocycles. The minimum absolute atomic E-state index is 0.270. The molecule has 57 heavy (non-hydrogen) atoms. The predicted octanol–water partition coefficient (Wildman–Crippen LogP) is 14.4. The molecule has 0 aliphatic carbocycles. The van der Waals surface area contributed by atoms with Gasteiger partial charge in [0.25, 0.3) is 10.1 Å². The van der Waals surface area contributed by atoms with E-state index in [1.54, 1.807) is 0 Å². The number of unbranched alkanes of at least 4 members (excludes halogenated alkanes) is 21. The van der Waals surface area contributed by atoms with E-state index in [9.17, 15) is 22.9 Å². The van der Waals surface area contributed by atoms with E-state index in [2.05, 4.69) is 92.1 Å². The Bertz CT molecular complexity index is 1210. The molecule has 2 unspecified atom stereocenters. The molecule has 2 atom stereocenters. The lowest BCUT2D eigenvalue weighted by Crippen LogP contribution is -2.46. The van der Waals surface area contributed by atoms with Crippen LogP contribution in [0.25, 0.3) is 0 Å². The molecule has 0 heterocycles. The number of hydrogen-bond donors (Lipinski definition) is 3. The van der Waals surface area contributed by atoms with Gasteiger partial charge >= 0.3 is 0 Å². The Kier molecular flexibility index (Phi) is 41.2. The molecule has 0 aliphatic rings. The maximum atomic E-state index is 12.6. The second-order valence-corrected chi connectivity index (χ2v) is 17.1. The van der Waals surface area contributed by atoms with Crippen LogP contribution in [0, 0.1) is 0 Å². The third-order valence-electron chi connectivity index (χ3n) is 10.1. The van der Waals surface area contributed by atoms with Crippen molar-refractivity contribution in [1.29, 1.82) is 0 Å². The number of carbonyl (C=O) groups is 1. The van der Waals surface area contributed by atoms with Crippen molar-refractivity contribution in [1.82, 2.24) is 5.32 Å². The van der Waals surface area contributed by atoms with Crippen molar-refractivity contribution < 1.29 is 22.9 Å². The number of allylic oxidation sites excluding steroid dienone is 13. The zero-order valence-corrected chi connectivity index (χ0v) is 37.5. The zero-order chi connectivity index (χ0) is 41.8. The topological polar surface area (TPSA) is 104 Å². The van der Waals surface area contributed by atoms with Gasteiger partial charge in [-0.05, 0) is 77.0 Å². The number of aliphatic hydroxyl groups is 1.